The maximum absolute atomic E-state index is 5.31. The summed E-state index contributed by atoms with van der Waals surface area (Å²) in [6.07, 6.45) is 2.05. The fourth-order valence-electron chi connectivity index (χ4n) is 3.16. The van der Waals surface area contributed by atoms with Gasteiger partial charge in [-0.05, 0) is 51.7 Å². The van der Waals surface area contributed by atoms with E-state index in [9.17, 15) is 0 Å². The van der Waals surface area contributed by atoms with Gasteiger partial charge in [-0.2, -0.15) is 0 Å². The Balaban J connectivity index is 1.80. The smallest absolute Gasteiger partial charge is 0.119 e. The van der Waals surface area contributed by atoms with Gasteiger partial charge in [0.05, 0.1) is 7.11 Å². The van der Waals surface area contributed by atoms with Gasteiger partial charge in [-0.15, -0.1) is 5.73 Å². The van der Waals surface area contributed by atoms with Gasteiger partial charge in [0, 0.05) is 5.57 Å². The number of fused-ring (bicyclic) bond motifs is 1. The van der Waals surface area contributed by atoms with Gasteiger partial charge in [0.1, 0.15) is 5.75 Å². The van der Waals surface area contributed by atoms with Gasteiger partial charge in [-0.1, -0.05) is 78.9 Å². The minimum atomic E-state index is 0.876. The van der Waals surface area contributed by atoms with Crippen LogP contribution in [0.15, 0.2) is 103 Å². The zero-order valence-corrected chi connectivity index (χ0v) is 15.2. The van der Waals surface area contributed by atoms with Crippen LogP contribution < -0.4 is 4.74 Å². The van der Waals surface area contributed by atoms with Gasteiger partial charge >= 0.3 is 0 Å². The van der Waals surface area contributed by atoms with Crippen LogP contribution in [-0.4, -0.2) is 7.11 Å². The van der Waals surface area contributed by atoms with Gasteiger partial charge in [-0.3, -0.25) is 0 Å². The molecule has 4 aromatic carbocycles. The fourth-order valence-corrected chi connectivity index (χ4v) is 3.16. The second-order valence-electron chi connectivity index (χ2n) is 6.37. The van der Waals surface area contributed by atoms with Crippen LogP contribution in [0.25, 0.3) is 22.4 Å². The minimum absolute atomic E-state index is 0.876. The van der Waals surface area contributed by atoms with Crippen molar-refractivity contribution in [2.24, 2.45) is 0 Å². The van der Waals surface area contributed by atoms with Gasteiger partial charge < -0.3 is 4.74 Å². The van der Waals surface area contributed by atoms with E-state index < -0.39 is 0 Å². The number of rotatable bonds is 4. The standard InChI is InChI=1S/C26H20O/c1-27-25-16-15-23-18-20(12-14-24(23)19-25)13-17-26(21-8-4-2-5-9-21)22-10-6-3-7-11-22/h2-16,18-19H,1H3. The van der Waals surface area contributed by atoms with Crippen LogP contribution in [0, 0.1) is 0 Å². The molecule has 0 aliphatic heterocycles. The average Bonchev–Trinajstić information content (AvgIpc) is 2.75. The Morgan fingerprint density at radius 3 is 1.93 bits per heavy atom. The van der Waals surface area contributed by atoms with Crippen LogP contribution in [-0.2, 0) is 0 Å². The van der Waals surface area contributed by atoms with Gasteiger partial charge in [-0.25, -0.2) is 0 Å². The lowest BCUT2D eigenvalue weighted by Crippen LogP contribution is -1.85. The molecule has 0 unspecified atom stereocenters. The SMILES string of the molecule is COc1ccc2cc(C=C=C(c3ccccc3)c3ccccc3)ccc2c1. The molecule has 4 aromatic rings. The normalized spacial score (nSPS) is 10.3. The highest BCUT2D eigenvalue weighted by Crippen LogP contribution is 2.24. The number of benzene rings is 4. The number of ether oxygens (including phenoxy) is 1. The Hall–Kier alpha value is -3.54. The Morgan fingerprint density at radius 1 is 0.704 bits per heavy atom. The maximum atomic E-state index is 5.31. The highest BCUT2D eigenvalue weighted by molar-refractivity contribution is 5.87. The lowest BCUT2D eigenvalue weighted by atomic mass is 9.98. The molecule has 0 N–H and O–H groups in total. The highest BCUT2D eigenvalue weighted by Gasteiger charge is 2.03. The molecule has 0 atom stereocenters. The lowest BCUT2D eigenvalue weighted by molar-refractivity contribution is 0.415. The maximum Gasteiger partial charge on any atom is 0.119 e. The summed E-state index contributed by atoms with van der Waals surface area (Å²) in [4.78, 5) is 0. The van der Waals surface area contributed by atoms with Gasteiger partial charge in [0.2, 0.25) is 0 Å². The molecule has 1 nitrogen and oxygen atoms in total. The summed E-state index contributed by atoms with van der Waals surface area (Å²) in [6.45, 7) is 0. The predicted octanol–water partition coefficient (Wildman–Crippen LogP) is 6.59. The van der Waals surface area contributed by atoms with E-state index in [-0.39, 0.29) is 0 Å². The minimum Gasteiger partial charge on any atom is -0.497 e. The van der Waals surface area contributed by atoms with Crippen molar-refractivity contribution >= 4 is 22.4 Å². The zero-order valence-electron chi connectivity index (χ0n) is 15.2. The zero-order chi connectivity index (χ0) is 18.5. The van der Waals surface area contributed by atoms with E-state index in [4.69, 9.17) is 4.74 Å². The van der Waals surface area contributed by atoms with E-state index >= 15 is 0 Å². The second-order valence-corrected chi connectivity index (χ2v) is 6.37. The van der Waals surface area contributed by atoms with E-state index in [1.54, 1.807) is 7.11 Å². The predicted molar refractivity (Wildman–Crippen MR) is 114 cm³/mol. The highest BCUT2D eigenvalue weighted by atomic mass is 16.5. The van der Waals surface area contributed by atoms with Crippen molar-refractivity contribution in [3.63, 3.8) is 0 Å². The summed E-state index contributed by atoms with van der Waals surface area (Å²) in [5, 5.41) is 2.36. The van der Waals surface area contributed by atoms with Crippen molar-refractivity contribution < 1.29 is 4.74 Å². The van der Waals surface area contributed by atoms with E-state index in [1.807, 2.05) is 18.2 Å². The number of methoxy groups -OCH3 is 1. The molecule has 0 aromatic heterocycles. The summed E-state index contributed by atoms with van der Waals surface area (Å²) in [5.41, 5.74) is 8.05. The number of hydrogen-bond acceptors (Lipinski definition) is 1. The van der Waals surface area contributed by atoms with Gasteiger partial charge in [0.25, 0.3) is 0 Å². The van der Waals surface area contributed by atoms with Crippen LogP contribution in [0.2, 0.25) is 0 Å². The first-order valence-electron chi connectivity index (χ1n) is 8.99. The lowest BCUT2D eigenvalue weighted by Gasteiger charge is -2.06. The number of hydrogen-bond donors (Lipinski definition) is 0. The monoisotopic (exact) mass is 348 g/mol. The Kier molecular flexibility index (Phi) is 4.87. The van der Waals surface area contributed by atoms with Crippen molar-refractivity contribution in [1.82, 2.24) is 0 Å². The average molecular weight is 348 g/mol. The van der Waals surface area contributed by atoms with Crippen molar-refractivity contribution in [1.29, 1.82) is 0 Å². The first kappa shape index (κ1) is 16.9. The molecule has 0 amide bonds. The first-order valence-corrected chi connectivity index (χ1v) is 8.99. The summed E-state index contributed by atoms with van der Waals surface area (Å²) in [6, 6.07) is 33.3. The molecule has 1 heteroatoms. The van der Waals surface area contributed by atoms with Crippen LogP contribution in [0.3, 0.4) is 0 Å². The summed E-state index contributed by atoms with van der Waals surface area (Å²) in [5.74, 6) is 0.876. The van der Waals surface area contributed by atoms with E-state index in [0.717, 1.165) is 28.0 Å². The van der Waals surface area contributed by atoms with Crippen LogP contribution >= 0.6 is 0 Å². The molecule has 0 bridgehead atoms. The molecular formula is C26H20O. The van der Waals surface area contributed by atoms with Crippen LogP contribution in [0.5, 0.6) is 5.75 Å². The molecule has 4 rings (SSSR count). The van der Waals surface area contributed by atoms with E-state index in [0.29, 0.717) is 0 Å². The molecule has 0 heterocycles. The van der Waals surface area contributed by atoms with Crippen molar-refractivity contribution in [3.8, 4) is 5.75 Å². The molecule has 0 spiro atoms. The molecule has 0 aliphatic carbocycles. The van der Waals surface area contributed by atoms with Crippen LogP contribution in [0.1, 0.15) is 16.7 Å². The third kappa shape index (κ3) is 3.84. The largest absolute Gasteiger partial charge is 0.497 e. The van der Waals surface area contributed by atoms with Crippen LogP contribution in [0.4, 0.5) is 0 Å². The third-order valence-electron chi connectivity index (χ3n) is 4.58. The molecule has 0 aliphatic rings. The summed E-state index contributed by atoms with van der Waals surface area (Å²) >= 11 is 0. The third-order valence-corrected chi connectivity index (χ3v) is 4.58. The molecule has 0 saturated heterocycles. The van der Waals surface area contributed by atoms with Crippen molar-refractivity contribution in [3.05, 3.63) is 119 Å². The van der Waals surface area contributed by atoms with Crippen molar-refractivity contribution in [2.75, 3.05) is 7.11 Å². The molecule has 0 fully saturated rings. The Morgan fingerprint density at radius 2 is 1.30 bits per heavy atom. The Labute approximate surface area is 159 Å². The molecule has 130 valence electrons. The van der Waals surface area contributed by atoms with Crippen molar-refractivity contribution in [2.45, 2.75) is 0 Å². The van der Waals surface area contributed by atoms with Gasteiger partial charge in [0.15, 0.2) is 0 Å². The summed E-state index contributed by atoms with van der Waals surface area (Å²) < 4.78 is 5.31. The molecule has 0 radical (unpaired) electrons. The molecule has 27 heavy (non-hydrogen) atoms. The quantitative estimate of drug-likeness (QED) is 0.378. The second kappa shape index (κ2) is 7.78. The molecular weight excluding hydrogens is 328 g/mol. The van der Waals surface area contributed by atoms with E-state index in [2.05, 4.69) is 90.7 Å². The topological polar surface area (TPSA) is 9.23 Å². The Bertz CT molecular complexity index is 1080. The first-order chi connectivity index (χ1) is 13.3. The van der Waals surface area contributed by atoms with E-state index in [1.165, 1.54) is 10.8 Å². The summed E-state index contributed by atoms with van der Waals surface area (Å²) in [7, 11) is 1.69. The molecule has 0 saturated carbocycles. The fraction of sp³-hybridized carbons (Fsp3) is 0.0385.